The van der Waals surface area contributed by atoms with Crippen LogP contribution in [0.25, 0.3) is 6.20 Å². The Hall–Kier alpha value is -3.05. The second kappa shape index (κ2) is 8.56. The first-order valence-corrected chi connectivity index (χ1v) is 11.6. The van der Waals surface area contributed by atoms with E-state index in [1.165, 1.54) is 13.2 Å². The normalized spacial score (nSPS) is 29.9. The first-order valence-electron chi connectivity index (χ1n) is 11.6. The molecule has 0 aromatic carbocycles. The van der Waals surface area contributed by atoms with Crippen molar-refractivity contribution >= 4 is 24.1 Å². The highest BCUT2D eigenvalue weighted by Crippen LogP contribution is 2.60. The molecule has 192 valence electrons. The summed E-state index contributed by atoms with van der Waals surface area (Å²) in [5.41, 5.74) is 2.30. The van der Waals surface area contributed by atoms with Crippen LogP contribution in [-0.2, 0) is 15.7 Å². The van der Waals surface area contributed by atoms with Crippen LogP contribution in [0.2, 0.25) is 0 Å². The number of methoxy groups -OCH3 is 1. The van der Waals surface area contributed by atoms with Gasteiger partial charge in [-0.1, -0.05) is 0 Å². The Morgan fingerprint density at radius 2 is 1.83 bits per heavy atom. The van der Waals surface area contributed by atoms with Crippen molar-refractivity contribution in [1.82, 2.24) is 20.4 Å². The van der Waals surface area contributed by atoms with Crippen molar-refractivity contribution in [1.29, 1.82) is 0 Å². The Morgan fingerprint density at radius 1 is 1.20 bits per heavy atom. The quantitative estimate of drug-likeness (QED) is 0.557. The summed E-state index contributed by atoms with van der Waals surface area (Å²) in [5, 5.41) is 9.07. The monoisotopic (exact) mass is 497 g/mol. The summed E-state index contributed by atoms with van der Waals surface area (Å²) in [4.78, 5) is 36.7. The Morgan fingerprint density at radius 3 is 2.37 bits per heavy atom. The topological polar surface area (TPSA) is 128 Å². The third kappa shape index (κ3) is 4.74. The molecule has 1 aromatic rings. The Balaban J connectivity index is 1.55. The number of nitrogens with one attached hydrogen (secondary N) is 2. The highest BCUT2D eigenvalue weighted by Gasteiger charge is 2.58. The number of hydrogen-bond donors (Lipinski definition) is 3. The van der Waals surface area contributed by atoms with Gasteiger partial charge in [-0.25, -0.2) is 9.48 Å². The van der Waals surface area contributed by atoms with E-state index < -0.39 is 40.4 Å². The van der Waals surface area contributed by atoms with Crippen LogP contribution in [0.3, 0.4) is 0 Å². The van der Waals surface area contributed by atoms with Crippen LogP contribution in [0.1, 0.15) is 62.0 Å². The summed E-state index contributed by atoms with van der Waals surface area (Å²) < 4.78 is 47.0. The lowest BCUT2D eigenvalue weighted by Crippen LogP contribution is -2.62. The zero-order valence-electron chi connectivity index (χ0n) is 19.8. The number of amides is 3. The fraction of sp³-hybridized carbons (Fsp3) is 0.652. The van der Waals surface area contributed by atoms with Gasteiger partial charge in [0.05, 0.1) is 24.4 Å². The van der Waals surface area contributed by atoms with Gasteiger partial charge >= 0.3 is 12.3 Å². The van der Waals surface area contributed by atoms with Gasteiger partial charge < -0.3 is 21.1 Å². The average molecular weight is 498 g/mol. The molecule has 2 unspecified atom stereocenters. The number of aromatic nitrogens is 2. The molecule has 0 radical (unpaired) electrons. The zero-order chi connectivity index (χ0) is 25.8. The predicted octanol–water partition coefficient (Wildman–Crippen LogP) is 2.92. The van der Waals surface area contributed by atoms with Crippen LogP contribution in [-0.4, -0.2) is 46.4 Å². The van der Waals surface area contributed by atoms with Crippen molar-refractivity contribution in [2.45, 2.75) is 63.7 Å². The van der Waals surface area contributed by atoms with Crippen LogP contribution in [0.4, 0.5) is 18.0 Å². The molecule has 4 aliphatic carbocycles. The highest BCUT2D eigenvalue weighted by atomic mass is 19.4. The summed E-state index contributed by atoms with van der Waals surface area (Å²) in [6, 6.07) is -0.310. The molecule has 4 bridgehead atoms. The van der Waals surface area contributed by atoms with Gasteiger partial charge in [0.2, 0.25) is 5.91 Å². The van der Waals surface area contributed by atoms with E-state index >= 15 is 0 Å². The first kappa shape index (κ1) is 25.1. The maximum atomic E-state index is 14.0. The van der Waals surface area contributed by atoms with Crippen LogP contribution in [0, 0.1) is 23.2 Å². The smallest absolute Gasteiger partial charge is 0.434 e. The molecule has 4 saturated carbocycles. The SMILES string of the molecule is COC(=O)NC(C)(C)C=Cn1ncc(C(=O)NC2C3CC4CC2CC(C(N)=O)(C4)C3)c1C(F)(F)F. The number of carbonyl (C=O) groups excluding carboxylic acids is 3. The number of halogens is 3. The number of nitrogens with zero attached hydrogens (tertiary/aromatic N) is 2. The molecule has 9 nitrogen and oxygen atoms in total. The second-order valence-electron chi connectivity index (χ2n) is 10.6. The van der Waals surface area contributed by atoms with E-state index in [9.17, 15) is 27.6 Å². The third-order valence-electron chi connectivity index (χ3n) is 7.64. The molecule has 35 heavy (non-hydrogen) atoms. The molecule has 12 heteroatoms. The third-order valence-corrected chi connectivity index (χ3v) is 7.64. The van der Waals surface area contributed by atoms with E-state index in [-0.39, 0.29) is 23.8 Å². The number of primary amides is 1. The lowest BCUT2D eigenvalue weighted by atomic mass is 9.47. The number of carbonyl (C=O) groups is 3. The Labute approximate surface area is 200 Å². The van der Waals surface area contributed by atoms with Crippen molar-refractivity contribution in [2.24, 2.45) is 28.9 Å². The summed E-state index contributed by atoms with van der Waals surface area (Å²) in [6.07, 6.45) is 1.17. The number of rotatable bonds is 6. The van der Waals surface area contributed by atoms with Gasteiger partial charge in [-0.2, -0.15) is 18.3 Å². The minimum absolute atomic E-state index is 0.00664. The molecule has 1 aromatic heterocycles. The minimum atomic E-state index is -4.85. The maximum absolute atomic E-state index is 14.0. The molecule has 0 spiro atoms. The van der Waals surface area contributed by atoms with E-state index in [1.807, 2.05) is 0 Å². The van der Waals surface area contributed by atoms with Gasteiger partial charge in [-0.15, -0.1) is 0 Å². The van der Waals surface area contributed by atoms with Crippen molar-refractivity contribution in [3.8, 4) is 0 Å². The number of ether oxygens (including phenoxy) is 1. The van der Waals surface area contributed by atoms with Crippen LogP contribution in [0.5, 0.6) is 0 Å². The van der Waals surface area contributed by atoms with E-state index in [0.717, 1.165) is 31.7 Å². The lowest BCUT2D eigenvalue weighted by molar-refractivity contribution is -0.145. The number of hydrogen-bond acceptors (Lipinski definition) is 5. The number of nitrogens with two attached hydrogens (primary N) is 1. The van der Waals surface area contributed by atoms with Crippen LogP contribution in [0.15, 0.2) is 12.3 Å². The Kier molecular flexibility index (Phi) is 6.13. The zero-order valence-corrected chi connectivity index (χ0v) is 19.8. The summed E-state index contributed by atoms with van der Waals surface area (Å²) >= 11 is 0. The van der Waals surface area contributed by atoms with E-state index in [4.69, 9.17) is 5.73 Å². The molecule has 2 atom stereocenters. The van der Waals surface area contributed by atoms with Crippen molar-refractivity contribution in [3.05, 3.63) is 23.5 Å². The van der Waals surface area contributed by atoms with E-state index in [2.05, 4.69) is 20.5 Å². The van der Waals surface area contributed by atoms with E-state index in [0.29, 0.717) is 23.4 Å². The fourth-order valence-electron chi connectivity index (χ4n) is 6.33. The number of alkyl halides is 3. The highest BCUT2D eigenvalue weighted by molar-refractivity contribution is 5.95. The van der Waals surface area contributed by atoms with Crippen LogP contribution >= 0.6 is 0 Å². The number of alkyl carbamates (subject to hydrolysis) is 1. The average Bonchev–Trinajstić information content (AvgIpc) is 3.19. The summed E-state index contributed by atoms with van der Waals surface area (Å²) in [5.74, 6) is -0.804. The van der Waals surface area contributed by atoms with Gasteiger partial charge in [0.15, 0.2) is 5.69 Å². The van der Waals surface area contributed by atoms with Gasteiger partial charge in [-0.3, -0.25) is 9.59 Å². The van der Waals surface area contributed by atoms with Crippen molar-refractivity contribution in [2.75, 3.05) is 7.11 Å². The molecular weight excluding hydrogens is 467 g/mol. The molecule has 3 amide bonds. The van der Waals surface area contributed by atoms with Gasteiger partial charge in [0.25, 0.3) is 5.91 Å². The predicted molar refractivity (Wildman–Crippen MR) is 119 cm³/mol. The largest absolute Gasteiger partial charge is 0.453 e. The molecule has 4 fully saturated rings. The van der Waals surface area contributed by atoms with Gasteiger partial charge in [-0.05, 0) is 69.8 Å². The fourth-order valence-corrected chi connectivity index (χ4v) is 6.33. The molecular formula is C23H30F3N5O4. The van der Waals surface area contributed by atoms with Gasteiger partial charge in [0.1, 0.15) is 0 Å². The van der Waals surface area contributed by atoms with Gasteiger partial charge in [0, 0.05) is 17.7 Å². The summed E-state index contributed by atoms with van der Waals surface area (Å²) in [6.45, 7) is 3.13. The first-order chi connectivity index (χ1) is 16.2. The molecule has 1 heterocycles. The molecule has 0 aliphatic heterocycles. The second-order valence-corrected chi connectivity index (χ2v) is 10.6. The molecule has 4 aliphatic rings. The lowest BCUT2D eigenvalue weighted by Gasteiger charge is -2.58. The minimum Gasteiger partial charge on any atom is -0.453 e. The standard InChI is InChI=1S/C23H30F3N5O4/c1-21(2,30-20(34)35-3)4-5-31-17(23(24,25)26)15(11-28-31)18(32)29-16-13-6-12-7-14(16)10-22(8-12,9-13)19(27)33/h4-5,11-14,16H,6-10H2,1-3H3,(H2,27,33)(H,29,32)(H,30,34). The van der Waals surface area contributed by atoms with E-state index in [1.54, 1.807) is 13.8 Å². The van der Waals surface area contributed by atoms with Crippen LogP contribution < -0.4 is 16.4 Å². The molecule has 0 saturated heterocycles. The molecule has 4 N–H and O–H groups in total. The molecule has 5 rings (SSSR count). The van der Waals surface area contributed by atoms with Crippen molar-refractivity contribution in [3.63, 3.8) is 0 Å². The Bertz CT molecular complexity index is 1050. The summed E-state index contributed by atoms with van der Waals surface area (Å²) in [7, 11) is 1.17. The van der Waals surface area contributed by atoms with Crippen molar-refractivity contribution < 1.29 is 32.3 Å². The maximum Gasteiger partial charge on any atom is 0.434 e.